The molecule has 0 unspecified atom stereocenters. The highest BCUT2D eigenvalue weighted by Crippen LogP contribution is 2.29. The molecule has 0 atom stereocenters. The number of nitrogens with one attached hydrogen (secondary N) is 1. The zero-order valence-electron chi connectivity index (χ0n) is 18.7. The molecule has 4 aromatic rings. The van der Waals surface area contributed by atoms with Crippen LogP contribution >= 0.6 is 23.2 Å². The average molecular weight is 513 g/mol. The molecule has 9 nitrogen and oxygen atoms in total. The van der Waals surface area contributed by atoms with Gasteiger partial charge < -0.3 is 14.1 Å². The lowest BCUT2D eigenvalue weighted by Gasteiger charge is -2.31. The zero-order chi connectivity index (χ0) is 24.2. The zero-order valence-corrected chi connectivity index (χ0v) is 20.2. The van der Waals surface area contributed by atoms with Gasteiger partial charge in [0.05, 0.1) is 10.6 Å². The first-order valence-electron chi connectivity index (χ1n) is 11.2. The summed E-state index contributed by atoms with van der Waals surface area (Å²) in [6.07, 6.45) is 4.21. The Hall–Kier alpha value is -3.43. The third-order valence-corrected chi connectivity index (χ3v) is 6.50. The second kappa shape index (κ2) is 10.5. The second-order valence-electron chi connectivity index (χ2n) is 8.35. The summed E-state index contributed by atoms with van der Waals surface area (Å²) in [5.74, 6) is 3.10. The van der Waals surface area contributed by atoms with Gasteiger partial charge in [-0.05, 0) is 71.7 Å². The lowest BCUT2D eigenvalue weighted by Crippen LogP contribution is -2.38. The van der Waals surface area contributed by atoms with E-state index in [1.165, 1.54) is 0 Å². The van der Waals surface area contributed by atoms with Gasteiger partial charge in [0.15, 0.2) is 5.82 Å². The van der Waals surface area contributed by atoms with Crippen molar-refractivity contribution in [2.75, 3.05) is 13.1 Å². The van der Waals surface area contributed by atoms with Crippen molar-refractivity contribution >= 4 is 29.1 Å². The van der Waals surface area contributed by atoms with Gasteiger partial charge in [0.25, 0.3) is 5.91 Å². The van der Waals surface area contributed by atoms with Crippen molar-refractivity contribution in [2.45, 2.75) is 25.9 Å². The van der Waals surface area contributed by atoms with Crippen molar-refractivity contribution in [1.29, 1.82) is 0 Å². The van der Waals surface area contributed by atoms with E-state index in [1.54, 1.807) is 36.5 Å². The molecular weight excluding hydrogens is 491 g/mol. The van der Waals surface area contributed by atoms with Gasteiger partial charge in [-0.3, -0.25) is 9.78 Å². The molecule has 1 aliphatic heterocycles. The number of benzene rings is 1. The van der Waals surface area contributed by atoms with Crippen LogP contribution in [0.4, 0.5) is 0 Å². The summed E-state index contributed by atoms with van der Waals surface area (Å²) >= 11 is 12.1. The fourth-order valence-electron chi connectivity index (χ4n) is 4.09. The average Bonchev–Trinajstić information content (AvgIpc) is 3.56. The van der Waals surface area contributed by atoms with Crippen LogP contribution in [0.3, 0.4) is 0 Å². The first-order chi connectivity index (χ1) is 17.0. The maximum atomic E-state index is 12.9. The van der Waals surface area contributed by atoms with Crippen LogP contribution in [0.1, 0.15) is 34.7 Å². The van der Waals surface area contributed by atoms with E-state index in [1.807, 2.05) is 17.0 Å². The molecule has 35 heavy (non-hydrogen) atoms. The van der Waals surface area contributed by atoms with Crippen LogP contribution in [0.5, 0.6) is 5.75 Å². The Balaban J connectivity index is 1.10. The van der Waals surface area contributed by atoms with Gasteiger partial charge in [-0.25, -0.2) is 5.10 Å². The van der Waals surface area contributed by atoms with Gasteiger partial charge in [-0.15, -0.1) is 5.10 Å². The Morgan fingerprint density at radius 3 is 2.66 bits per heavy atom. The number of tetrazole rings is 1. The van der Waals surface area contributed by atoms with Crippen LogP contribution in [0, 0.1) is 5.92 Å². The molecule has 0 saturated carbocycles. The quantitative estimate of drug-likeness (QED) is 0.377. The minimum atomic E-state index is -0.0171. The number of rotatable bonds is 7. The first kappa shape index (κ1) is 23.3. The van der Waals surface area contributed by atoms with Crippen LogP contribution in [0.25, 0.3) is 11.5 Å². The van der Waals surface area contributed by atoms with Gasteiger partial charge in [-0.1, -0.05) is 23.2 Å². The fraction of sp³-hybridized carbons (Fsp3) is 0.292. The number of hydrogen-bond acceptors (Lipinski definition) is 7. The van der Waals surface area contributed by atoms with Crippen molar-refractivity contribution < 1.29 is 13.9 Å². The molecule has 1 aromatic carbocycles. The minimum absolute atomic E-state index is 0.0171. The van der Waals surface area contributed by atoms with Gasteiger partial charge in [0.2, 0.25) is 0 Å². The number of hydrogen-bond donors (Lipinski definition) is 1. The van der Waals surface area contributed by atoms with Gasteiger partial charge in [0, 0.05) is 30.7 Å². The minimum Gasteiger partial charge on any atom is -0.484 e. The Kier molecular flexibility index (Phi) is 6.96. The number of aromatic nitrogens is 5. The highest BCUT2D eigenvalue weighted by atomic mass is 35.5. The normalized spacial score (nSPS) is 14.3. The summed E-state index contributed by atoms with van der Waals surface area (Å²) < 4.78 is 11.7. The monoisotopic (exact) mass is 512 g/mol. The fourth-order valence-corrected chi connectivity index (χ4v) is 4.55. The van der Waals surface area contributed by atoms with Crippen LogP contribution in [-0.2, 0) is 13.0 Å². The molecule has 0 spiro atoms. The number of pyridine rings is 1. The smallest absolute Gasteiger partial charge is 0.255 e. The third-order valence-electron chi connectivity index (χ3n) is 5.97. The molecular formula is C24H22Cl2N6O3. The van der Waals surface area contributed by atoms with E-state index in [2.05, 4.69) is 25.6 Å². The van der Waals surface area contributed by atoms with Crippen LogP contribution < -0.4 is 4.74 Å². The number of carbonyl (C=O) groups is 1. The number of piperidine rings is 1. The topological polar surface area (TPSA) is 110 Å². The lowest BCUT2D eigenvalue weighted by molar-refractivity contribution is 0.0688. The predicted molar refractivity (Wildman–Crippen MR) is 129 cm³/mol. The molecule has 1 amide bonds. The molecule has 3 aromatic heterocycles. The van der Waals surface area contributed by atoms with E-state index in [4.69, 9.17) is 32.4 Å². The molecule has 0 bridgehead atoms. The maximum Gasteiger partial charge on any atom is 0.255 e. The molecule has 11 heteroatoms. The molecule has 4 heterocycles. The lowest BCUT2D eigenvalue weighted by atomic mass is 9.92. The Morgan fingerprint density at radius 1 is 1.11 bits per heavy atom. The Morgan fingerprint density at radius 2 is 1.94 bits per heavy atom. The molecule has 5 rings (SSSR count). The van der Waals surface area contributed by atoms with E-state index in [0.717, 1.165) is 30.8 Å². The first-order valence-corrected chi connectivity index (χ1v) is 12.0. The second-order valence-corrected chi connectivity index (χ2v) is 9.20. The summed E-state index contributed by atoms with van der Waals surface area (Å²) in [7, 11) is 0. The van der Waals surface area contributed by atoms with E-state index < -0.39 is 0 Å². The summed E-state index contributed by atoms with van der Waals surface area (Å²) in [6, 6.07) is 12.5. The SMILES string of the molecule is O=C(c1ccc(-c2nnn[nH]2)nc1)N1CCC(Cc2ccc(COc3ccc(Cl)cc3Cl)o2)CC1. The third kappa shape index (κ3) is 5.63. The number of halogens is 2. The van der Waals surface area contributed by atoms with E-state index in [0.29, 0.717) is 51.9 Å². The molecule has 0 aliphatic carbocycles. The highest BCUT2D eigenvalue weighted by molar-refractivity contribution is 6.35. The van der Waals surface area contributed by atoms with E-state index in [9.17, 15) is 4.79 Å². The van der Waals surface area contributed by atoms with E-state index in [-0.39, 0.29) is 12.5 Å². The number of ether oxygens (including phenoxy) is 1. The molecule has 180 valence electrons. The molecule has 0 radical (unpaired) electrons. The summed E-state index contributed by atoms with van der Waals surface area (Å²) in [5, 5.41) is 14.6. The number of nitrogens with zero attached hydrogens (tertiary/aromatic N) is 5. The Labute approximate surface area is 211 Å². The number of furan rings is 1. The summed E-state index contributed by atoms with van der Waals surface area (Å²) in [4.78, 5) is 19.1. The van der Waals surface area contributed by atoms with Crippen molar-refractivity contribution in [3.05, 3.63) is 75.8 Å². The standard InChI is InChI=1S/C24H22Cl2N6O3/c25-17-2-6-22(20(26)12-17)34-14-19-4-3-18(35-19)11-15-7-9-32(10-8-15)24(33)16-1-5-21(27-13-16)23-28-30-31-29-23/h1-6,12-13,15H,7-11,14H2,(H,28,29,30,31). The predicted octanol–water partition coefficient (Wildman–Crippen LogP) is 4.84. The number of H-pyrrole nitrogens is 1. The number of amides is 1. The number of carbonyl (C=O) groups excluding carboxylic acids is 1. The van der Waals surface area contributed by atoms with Crippen LogP contribution in [0.15, 0.2) is 53.1 Å². The number of likely N-dealkylation sites (tertiary alicyclic amines) is 1. The molecule has 1 N–H and O–H groups in total. The summed E-state index contributed by atoms with van der Waals surface area (Å²) in [6.45, 7) is 1.68. The van der Waals surface area contributed by atoms with Gasteiger partial charge >= 0.3 is 0 Å². The van der Waals surface area contributed by atoms with Crippen molar-refractivity contribution in [1.82, 2.24) is 30.5 Å². The number of aromatic amines is 1. The van der Waals surface area contributed by atoms with Crippen LogP contribution in [0.2, 0.25) is 10.0 Å². The van der Waals surface area contributed by atoms with Gasteiger partial charge in [-0.2, -0.15) is 0 Å². The molecule has 1 fully saturated rings. The maximum absolute atomic E-state index is 12.9. The van der Waals surface area contributed by atoms with Crippen LogP contribution in [-0.4, -0.2) is 49.5 Å². The van der Waals surface area contributed by atoms with E-state index >= 15 is 0 Å². The molecule has 1 aliphatic rings. The Bertz CT molecular complexity index is 1290. The highest BCUT2D eigenvalue weighted by Gasteiger charge is 2.25. The molecule has 1 saturated heterocycles. The van der Waals surface area contributed by atoms with Crippen molar-refractivity contribution in [2.24, 2.45) is 5.92 Å². The van der Waals surface area contributed by atoms with Crippen molar-refractivity contribution in [3.8, 4) is 17.3 Å². The summed E-state index contributed by atoms with van der Waals surface area (Å²) in [5.41, 5.74) is 1.14. The van der Waals surface area contributed by atoms with Crippen molar-refractivity contribution in [3.63, 3.8) is 0 Å². The van der Waals surface area contributed by atoms with Gasteiger partial charge in [0.1, 0.15) is 29.6 Å². The largest absolute Gasteiger partial charge is 0.484 e.